The van der Waals surface area contributed by atoms with E-state index in [0.717, 1.165) is 0 Å². The van der Waals surface area contributed by atoms with E-state index in [9.17, 15) is 9.59 Å². The summed E-state index contributed by atoms with van der Waals surface area (Å²) in [5, 5.41) is 5.60. The van der Waals surface area contributed by atoms with Crippen LogP contribution in [0.4, 0.5) is 11.4 Å². The second-order valence-electron chi connectivity index (χ2n) is 6.25. The number of benzene rings is 3. The highest BCUT2D eigenvalue weighted by molar-refractivity contribution is 6.07. The van der Waals surface area contributed by atoms with Crippen LogP contribution in [0.2, 0.25) is 0 Å². The van der Waals surface area contributed by atoms with Crippen LogP contribution in [0.1, 0.15) is 20.7 Å². The fraction of sp³-hybridized carbons (Fsp3) is 0.130. The van der Waals surface area contributed by atoms with Crippen molar-refractivity contribution in [3.05, 3.63) is 77.9 Å². The molecule has 0 aliphatic rings. The molecule has 0 aliphatic heterocycles. The summed E-state index contributed by atoms with van der Waals surface area (Å²) in [6, 6.07) is 18.7. The standard InChI is InChI=1S/C23H22N2O5/c1-28-17-12-13-20(29-2)18(14-17)23(27)24-16-10-8-15(9-11-16)22(26)25-19-6-4-5-7-21(19)30-3/h4-14H,1-3H3,(H,24,27)(H,25,26). The normalized spacial score (nSPS) is 10.1. The van der Waals surface area contributed by atoms with Gasteiger partial charge in [-0.2, -0.15) is 0 Å². The fourth-order valence-electron chi connectivity index (χ4n) is 2.84. The van der Waals surface area contributed by atoms with Crippen molar-refractivity contribution >= 4 is 23.2 Å². The largest absolute Gasteiger partial charge is 0.497 e. The minimum absolute atomic E-state index is 0.285. The van der Waals surface area contributed by atoms with Crippen molar-refractivity contribution in [1.29, 1.82) is 0 Å². The summed E-state index contributed by atoms with van der Waals surface area (Å²) in [7, 11) is 4.56. The zero-order valence-electron chi connectivity index (χ0n) is 16.9. The molecule has 2 amide bonds. The van der Waals surface area contributed by atoms with E-state index in [0.29, 0.717) is 39.8 Å². The van der Waals surface area contributed by atoms with E-state index >= 15 is 0 Å². The van der Waals surface area contributed by atoms with E-state index in [4.69, 9.17) is 14.2 Å². The number of hydrogen-bond donors (Lipinski definition) is 2. The molecular formula is C23H22N2O5. The van der Waals surface area contributed by atoms with Crippen LogP contribution in [0.3, 0.4) is 0 Å². The molecule has 0 aromatic heterocycles. The number of hydrogen-bond acceptors (Lipinski definition) is 5. The van der Waals surface area contributed by atoms with Gasteiger partial charge in [-0.15, -0.1) is 0 Å². The third-order valence-electron chi connectivity index (χ3n) is 4.41. The van der Waals surface area contributed by atoms with Crippen LogP contribution in [0.15, 0.2) is 66.7 Å². The third kappa shape index (κ3) is 4.70. The average Bonchev–Trinajstić information content (AvgIpc) is 2.79. The lowest BCUT2D eigenvalue weighted by molar-refractivity contribution is 0.101. The van der Waals surface area contributed by atoms with Crippen molar-refractivity contribution in [2.45, 2.75) is 0 Å². The SMILES string of the molecule is COc1ccc(OC)c(C(=O)Nc2ccc(C(=O)Nc3ccccc3OC)cc2)c1. The number of ether oxygens (including phenoxy) is 3. The number of carbonyl (C=O) groups is 2. The highest BCUT2D eigenvalue weighted by Crippen LogP contribution is 2.26. The number of anilines is 2. The van der Waals surface area contributed by atoms with Crippen LogP contribution < -0.4 is 24.8 Å². The predicted octanol–water partition coefficient (Wildman–Crippen LogP) is 4.22. The number of rotatable bonds is 7. The summed E-state index contributed by atoms with van der Waals surface area (Å²) < 4.78 is 15.7. The molecule has 3 aromatic rings. The van der Waals surface area contributed by atoms with E-state index in [1.807, 2.05) is 12.1 Å². The Bertz CT molecular complexity index is 1050. The molecule has 0 spiro atoms. The first-order chi connectivity index (χ1) is 14.5. The van der Waals surface area contributed by atoms with Crippen molar-refractivity contribution in [1.82, 2.24) is 0 Å². The Balaban J connectivity index is 1.71. The van der Waals surface area contributed by atoms with Gasteiger partial charge >= 0.3 is 0 Å². The summed E-state index contributed by atoms with van der Waals surface area (Å²) in [5.41, 5.74) is 1.90. The molecule has 30 heavy (non-hydrogen) atoms. The minimum atomic E-state index is -0.350. The van der Waals surface area contributed by atoms with Crippen LogP contribution in [0, 0.1) is 0 Å². The molecule has 0 aliphatic carbocycles. The molecule has 0 saturated heterocycles. The van der Waals surface area contributed by atoms with Crippen molar-refractivity contribution in [3.8, 4) is 17.2 Å². The lowest BCUT2D eigenvalue weighted by Crippen LogP contribution is -2.15. The van der Waals surface area contributed by atoms with Crippen molar-refractivity contribution < 1.29 is 23.8 Å². The van der Waals surface area contributed by atoms with Gasteiger partial charge in [0.15, 0.2) is 0 Å². The summed E-state index contributed by atoms with van der Waals surface area (Å²) in [4.78, 5) is 25.2. The van der Waals surface area contributed by atoms with Crippen molar-refractivity contribution in [3.63, 3.8) is 0 Å². The molecule has 7 nitrogen and oxygen atoms in total. The Morgan fingerprint density at radius 2 is 1.40 bits per heavy atom. The quantitative estimate of drug-likeness (QED) is 0.614. The fourth-order valence-corrected chi connectivity index (χ4v) is 2.84. The van der Waals surface area contributed by atoms with E-state index in [2.05, 4.69) is 10.6 Å². The van der Waals surface area contributed by atoms with Crippen LogP contribution in [0.25, 0.3) is 0 Å². The molecule has 2 N–H and O–H groups in total. The molecule has 0 atom stereocenters. The average molecular weight is 406 g/mol. The number of para-hydroxylation sites is 2. The Labute approximate surface area is 174 Å². The van der Waals surface area contributed by atoms with E-state index < -0.39 is 0 Å². The van der Waals surface area contributed by atoms with Crippen LogP contribution in [-0.4, -0.2) is 33.1 Å². The summed E-state index contributed by atoms with van der Waals surface area (Å²) in [6.45, 7) is 0. The van der Waals surface area contributed by atoms with Gasteiger partial charge in [0.05, 0.1) is 32.6 Å². The van der Waals surface area contributed by atoms with Gasteiger partial charge in [0.1, 0.15) is 17.2 Å². The molecule has 0 bridgehead atoms. The summed E-state index contributed by atoms with van der Waals surface area (Å²) in [6.07, 6.45) is 0. The molecule has 0 saturated carbocycles. The third-order valence-corrected chi connectivity index (χ3v) is 4.41. The van der Waals surface area contributed by atoms with Crippen LogP contribution in [-0.2, 0) is 0 Å². The Kier molecular flexibility index (Phi) is 6.54. The van der Waals surface area contributed by atoms with E-state index in [1.165, 1.54) is 14.2 Å². The number of carbonyl (C=O) groups excluding carboxylic acids is 2. The number of methoxy groups -OCH3 is 3. The maximum atomic E-state index is 12.7. The predicted molar refractivity (Wildman–Crippen MR) is 115 cm³/mol. The van der Waals surface area contributed by atoms with E-state index in [-0.39, 0.29) is 11.8 Å². The molecule has 0 heterocycles. The number of nitrogens with one attached hydrogen (secondary N) is 2. The van der Waals surface area contributed by atoms with Gasteiger partial charge in [-0.25, -0.2) is 0 Å². The molecule has 0 fully saturated rings. The summed E-state index contributed by atoms with van der Waals surface area (Å²) >= 11 is 0. The second kappa shape index (κ2) is 9.47. The molecule has 3 aromatic carbocycles. The molecular weight excluding hydrogens is 384 g/mol. The molecule has 154 valence electrons. The van der Waals surface area contributed by atoms with Crippen molar-refractivity contribution in [2.24, 2.45) is 0 Å². The van der Waals surface area contributed by atoms with Gasteiger partial charge in [-0.1, -0.05) is 12.1 Å². The lowest BCUT2D eigenvalue weighted by atomic mass is 10.1. The van der Waals surface area contributed by atoms with Gasteiger partial charge < -0.3 is 24.8 Å². The van der Waals surface area contributed by atoms with Crippen LogP contribution >= 0.6 is 0 Å². The second-order valence-corrected chi connectivity index (χ2v) is 6.25. The Hall–Kier alpha value is -4.00. The highest BCUT2D eigenvalue weighted by atomic mass is 16.5. The first-order valence-corrected chi connectivity index (χ1v) is 9.13. The molecule has 3 rings (SSSR count). The van der Waals surface area contributed by atoms with Gasteiger partial charge in [0, 0.05) is 11.3 Å². The zero-order valence-corrected chi connectivity index (χ0v) is 16.9. The maximum absolute atomic E-state index is 12.7. The number of amides is 2. The van der Waals surface area contributed by atoms with Gasteiger partial charge in [0.25, 0.3) is 11.8 Å². The molecule has 0 unspecified atom stereocenters. The monoisotopic (exact) mass is 406 g/mol. The van der Waals surface area contributed by atoms with Gasteiger partial charge in [-0.3, -0.25) is 9.59 Å². The maximum Gasteiger partial charge on any atom is 0.259 e. The van der Waals surface area contributed by atoms with E-state index in [1.54, 1.807) is 61.7 Å². The van der Waals surface area contributed by atoms with Crippen LogP contribution in [0.5, 0.6) is 17.2 Å². The van der Waals surface area contributed by atoms with Gasteiger partial charge in [-0.05, 0) is 54.6 Å². The summed E-state index contributed by atoms with van der Waals surface area (Å²) in [5.74, 6) is 0.913. The van der Waals surface area contributed by atoms with Crippen molar-refractivity contribution in [2.75, 3.05) is 32.0 Å². The zero-order chi connectivity index (χ0) is 21.5. The molecule has 7 heteroatoms. The lowest BCUT2D eigenvalue weighted by Gasteiger charge is -2.12. The minimum Gasteiger partial charge on any atom is -0.497 e. The first-order valence-electron chi connectivity index (χ1n) is 9.13. The first kappa shape index (κ1) is 20.7. The molecule has 0 radical (unpaired) electrons. The smallest absolute Gasteiger partial charge is 0.259 e. The Morgan fingerprint density at radius 3 is 2.07 bits per heavy atom. The highest BCUT2D eigenvalue weighted by Gasteiger charge is 2.15. The van der Waals surface area contributed by atoms with Gasteiger partial charge in [0.2, 0.25) is 0 Å². The Morgan fingerprint density at radius 1 is 0.700 bits per heavy atom. The topological polar surface area (TPSA) is 85.9 Å².